The van der Waals surface area contributed by atoms with Gasteiger partial charge in [0, 0.05) is 30.1 Å². The Labute approximate surface area is 181 Å². The molecule has 30 heavy (non-hydrogen) atoms. The molecule has 1 aliphatic heterocycles. The molecule has 0 N–H and O–H groups in total. The maximum Gasteiger partial charge on any atom is 0.324 e. The molecular weight excluding hydrogens is 398 g/mol. The van der Waals surface area contributed by atoms with Gasteiger partial charge in [0.05, 0.1) is 24.7 Å². The molecule has 3 aromatic heterocycles. The van der Waals surface area contributed by atoms with Crippen molar-refractivity contribution in [3.05, 3.63) is 42.5 Å². The number of hydrogen-bond acceptors (Lipinski definition) is 8. The van der Waals surface area contributed by atoms with E-state index in [1.807, 2.05) is 36.7 Å². The van der Waals surface area contributed by atoms with Gasteiger partial charge in [-0.05, 0) is 48.8 Å². The molecule has 2 unspecified atom stereocenters. The summed E-state index contributed by atoms with van der Waals surface area (Å²) in [5, 5.41) is 3.97. The van der Waals surface area contributed by atoms with Crippen molar-refractivity contribution in [1.82, 2.24) is 20.1 Å². The van der Waals surface area contributed by atoms with E-state index in [4.69, 9.17) is 9.26 Å². The third kappa shape index (κ3) is 4.75. The number of rotatable bonds is 5. The number of nitrogens with zero attached hydrogens (tertiary/aromatic N) is 5. The molecule has 0 radical (unpaired) electrons. The summed E-state index contributed by atoms with van der Waals surface area (Å²) in [6.45, 7) is 6.39. The van der Waals surface area contributed by atoms with Gasteiger partial charge in [-0.25, -0.2) is 0 Å². The number of hydrogen-bond donors (Lipinski definition) is 0. The SMILES string of the molecule is CC(C)c1noc(N2CC3CC3C2)n1.COc1ccc(-c2ccc(SC)cn2)nc1. The Balaban J connectivity index is 0.000000146. The van der Waals surface area contributed by atoms with Gasteiger partial charge >= 0.3 is 6.01 Å². The summed E-state index contributed by atoms with van der Waals surface area (Å²) in [7, 11) is 1.63. The third-order valence-corrected chi connectivity index (χ3v) is 6.12. The van der Waals surface area contributed by atoms with Crippen LogP contribution in [0.5, 0.6) is 5.75 Å². The minimum atomic E-state index is 0.352. The zero-order valence-corrected chi connectivity index (χ0v) is 18.6. The second kappa shape index (κ2) is 9.04. The van der Waals surface area contributed by atoms with E-state index in [0.29, 0.717) is 5.92 Å². The summed E-state index contributed by atoms with van der Waals surface area (Å²) < 4.78 is 10.3. The fraction of sp³-hybridized carbons (Fsp3) is 0.455. The number of methoxy groups -OCH3 is 1. The number of anilines is 1. The van der Waals surface area contributed by atoms with E-state index < -0.39 is 0 Å². The number of pyridine rings is 2. The van der Waals surface area contributed by atoms with Crippen LogP contribution in [0.1, 0.15) is 32.0 Å². The average molecular weight is 426 g/mol. The topological polar surface area (TPSA) is 77.2 Å². The van der Waals surface area contributed by atoms with Crippen LogP contribution in [0.3, 0.4) is 0 Å². The molecule has 158 valence electrons. The zero-order valence-electron chi connectivity index (χ0n) is 17.8. The molecule has 1 aliphatic carbocycles. The van der Waals surface area contributed by atoms with Crippen LogP contribution in [0.25, 0.3) is 11.4 Å². The van der Waals surface area contributed by atoms with Gasteiger partial charge < -0.3 is 14.2 Å². The first-order chi connectivity index (χ1) is 14.6. The van der Waals surface area contributed by atoms with Crippen molar-refractivity contribution in [2.24, 2.45) is 11.8 Å². The van der Waals surface area contributed by atoms with E-state index in [0.717, 1.165) is 58.8 Å². The van der Waals surface area contributed by atoms with Crippen molar-refractivity contribution in [3.63, 3.8) is 0 Å². The van der Waals surface area contributed by atoms with Gasteiger partial charge in [-0.1, -0.05) is 19.0 Å². The summed E-state index contributed by atoms with van der Waals surface area (Å²) >= 11 is 1.68. The fourth-order valence-electron chi connectivity index (χ4n) is 3.45. The van der Waals surface area contributed by atoms with E-state index in [1.54, 1.807) is 25.1 Å². The fourth-order valence-corrected chi connectivity index (χ4v) is 3.81. The smallest absolute Gasteiger partial charge is 0.324 e. The van der Waals surface area contributed by atoms with Crippen LogP contribution >= 0.6 is 11.8 Å². The number of aromatic nitrogens is 4. The highest BCUT2D eigenvalue weighted by atomic mass is 32.2. The molecule has 3 aromatic rings. The quantitative estimate of drug-likeness (QED) is 0.552. The van der Waals surface area contributed by atoms with Gasteiger partial charge in [0.2, 0.25) is 0 Å². The average Bonchev–Trinajstić information content (AvgIpc) is 3.18. The van der Waals surface area contributed by atoms with Crippen LogP contribution in [-0.2, 0) is 0 Å². The summed E-state index contributed by atoms with van der Waals surface area (Å²) in [5.74, 6) is 3.74. The first kappa shape index (κ1) is 20.7. The van der Waals surface area contributed by atoms with E-state index >= 15 is 0 Å². The van der Waals surface area contributed by atoms with Gasteiger partial charge in [0.25, 0.3) is 0 Å². The molecule has 8 heteroatoms. The van der Waals surface area contributed by atoms with Crippen LogP contribution in [0.2, 0.25) is 0 Å². The molecule has 2 aliphatic rings. The van der Waals surface area contributed by atoms with E-state index in [9.17, 15) is 0 Å². The highest BCUT2D eigenvalue weighted by Gasteiger charge is 2.46. The van der Waals surface area contributed by atoms with Crippen LogP contribution in [0.4, 0.5) is 6.01 Å². The van der Waals surface area contributed by atoms with Crippen LogP contribution in [0, 0.1) is 11.8 Å². The van der Waals surface area contributed by atoms with Crippen molar-refractivity contribution in [3.8, 4) is 17.1 Å². The van der Waals surface area contributed by atoms with Gasteiger partial charge in [-0.2, -0.15) is 4.98 Å². The van der Waals surface area contributed by atoms with Crippen LogP contribution in [-0.4, -0.2) is 46.6 Å². The van der Waals surface area contributed by atoms with Crippen molar-refractivity contribution in [1.29, 1.82) is 0 Å². The molecular formula is C22H27N5O2S. The molecule has 5 rings (SSSR count). The lowest BCUT2D eigenvalue weighted by molar-refractivity contribution is 0.405. The van der Waals surface area contributed by atoms with Gasteiger partial charge in [-0.3, -0.25) is 9.97 Å². The summed E-state index contributed by atoms with van der Waals surface area (Å²) in [6.07, 6.45) is 6.98. The minimum Gasteiger partial charge on any atom is -0.495 e. The molecule has 0 bridgehead atoms. The molecule has 1 saturated heterocycles. The zero-order chi connectivity index (χ0) is 21.1. The molecule has 2 atom stereocenters. The Hall–Kier alpha value is -2.61. The molecule has 7 nitrogen and oxygen atoms in total. The molecule has 4 heterocycles. The van der Waals surface area contributed by atoms with Crippen LogP contribution in [0.15, 0.2) is 46.1 Å². The molecule has 0 spiro atoms. The Morgan fingerprint density at radius 2 is 1.77 bits per heavy atom. The monoisotopic (exact) mass is 425 g/mol. The Bertz CT molecular complexity index is 903. The number of ether oxygens (including phenoxy) is 1. The Kier molecular flexibility index (Phi) is 6.22. The highest BCUT2D eigenvalue weighted by Crippen LogP contribution is 2.45. The maximum atomic E-state index is 5.24. The maximum absolute atomic E-state index is 5.24. The second-order valence-corrected chi connectivity index (χ2v) is 8.80. The largest absolute Gasteiger partial charge is 0.495 e. The Morgan fingerprint density at radius 3 is 2.27 bits per heavy atom. The summed E-state index contributed by atoms with van der Waals surface area (Å²) in [6, 6.07) is 8.52. The highest BCUT2D eigenvalue weighted by molar-refractivity contribution is 7.98. The lowest BCUT2D eigenvalue weighted by Crippen LogP contribution is -2.22. The predicted octanol–water partition coefficient (Wildman–Crippen LogP) is 4.52. The van der Waals surface area contributed by atoms with E-state index in [-0.39, 0.29) is 0 Å². The third-order valence-electron chi connectivity index (χ3n) is 5.40. The minimum absolute atomic E-state index is 0.352. The number of thioether (sulfide) groups is 1. The standard InChI is InChI=1S/C12H12N2OS.C10H15N3O/c1-15-9-3-5-11(13-7-9)12-6-4-10(16-2)8-14-12;1-6(2)9-11-10(14-12-9)13-4-7-3-8(7)5-13/h3-8H,1-2H3;6-8H,3-5H2,1-2H3. The summed E-state index contributed by atoms with van der Waals surface area (Å²) in [5.41, 5.74) is 1.73. The van der Waals surface area contributed by atoms with Crippen molar-refractivity contribution in [2.45, 2.75) is 31.1 Å². The second-order valence-electron chi connectivity index (χ2n) is 7.92. The van der Waals surface area contributed by atoms with Gasteiger partial charge in [0.1, 0.15) is 5.75 Å². The number of fused-ring (bicyclic) bond motifs is 1. The van der Waals surface area contributed by atoms with Crippen LogP contribution < -0.4 is 9.64 Å². The molecule has 0 aromatic carbocycles. The van der Waals surface area contributed by atoms with Gasteiger partial charge in [-0.15, -0.1) is 11.8 Å². The van der Waals surface area contributed by atoms with Gasteiger partial charge in [0.15, 0.2) is 5.82 Å². The van der Waals surface area contributed by atoms with Crippen molar-refractivity contribution >= 4 is 17.8 Å². The molecule has 2 fully saturated rings. The predicted molar refractivity (Wildman–Crippen MR) is 118 cm³/mol. The van der Waals surface area contributed by atoms with Crippen molar-refractivity contribution < 1.29 is 9.26 Å². The van der Waals surface area contributed by atoms with E-state index in [2.05, 4.69) is 38.9 Å². The molecule has 1 saturated carbocycles. The Morgan fingerprint density at radius 1 is 1.07 bits per heavy atom. The van der Waals surface area contributed by atoms with E-state index in [1.165, 1.54) is 6.42 Å². The first-order valence-electron chi connectivity index (χ1n) is 10.2. The lowest BCUT2D eigenvalue weighted by Gasteiger charge is -2.13. The summed E-state index contributed by atoms with van der Waals surface area (Å²) in [4.78, 5) is 16.4. The number of piperidine rings is 1. The first-order valence-corrected chi connectivity index (χ1v) is 11.4. The lowest BCUT2D eigenvalue weighted by atomic mass is 10.2. The molecule has 0 amide bonds. The van der Waals surface area contributed by atoms with Crippen molar-refractivity contribution in [2.75, 3.05) is 31.4 Å². The normalized spacial score (nSPS) is 19.3.